The van der Waals surface area contributed by atoms with Crippen LogP contribution in [0, 0.1) is 6.92 Å². The maximum Gasteiger partial charge on any atom is 0.220 e. The van der Waals surface area contributed by atoms with Crippen LogP contribution < -0.4 is 5.32 Å². The van der Waals surface area contributed by atoms with E-state index in [0.717, 1.165) is 12.8 Å². The van der Waals surface area contributed by atoms with E-state index < -0.39 is 0 Å². The van der Waals surface area contributed by atoms with Crippen molar-refractivity contribution in [1.82, 2.24) is 5.32 Å². The van der Waals surface area contributed by atoms with E-state index in [-0.39, 0.29) is 12.5 Å². The second kappa shape index (κ2) is 7.54. The third kappa shape index (κ3) is 7.33. The summed E-state index contributed by atoms with van der Waals surface area (Å²) in [5.41, 5.74) is 0. The molecule has 0 aliphatic heterocycles. The molecule has 0 aromatic carbocycles. The highest BCUT2D eigenvalue weighted by Crippen LogP contribution is 1.87. The van der Waals surface area contributed by atoms with Crippen molar-refractivity contribution >= 4 is 5.91 Å². The number of carbonyl (C=O) groups excluding carboxylic acids is 1. The fourth-order valence-electron chi connectivity index (χ4n) is 0.681. The van der Waals surface area contributed by atoms with Crippen molar-refractivity contribution in [3.05, 3.63) is 6.92 Å². The van der Waals surface area contributed by atoms with Crippen molar-refractivity contribution in [2.45, 2.75) is 25.7 Å². The first-order chi connectivity index (χ1) is 5.31. The van der Waals surface area contributed by atoms with Gasteiger partial charge in [0.15, 0.2) is 0 Å². The first-order valence-electron chi connectivity index (χ1n) is 3.98. The largest absolute Gasteiger partial charge is 0.396 e. The molecule has 0 fully saturated rings. The lowest BCUT2D eigenvalue weighted by molar-refractivity contribution is -0.121. The Balaban J connectivity index is 3.09. The Hall–Kier alpha value is -0.570. The van der Waals surface area contributed by atoms with Crippen molar-refractivity contribution < 1.29 is 9.90 Å². The number of rotatable bonds is 6. The highest BCUT2D eigenvalue weighted by molar-refractivity contribution is 5.75. The zero-order valence-corrected chi connectivity index (χ0v) is 6.81. The van der Waals surface area contributed by atoms with Crippen LogP contribution in [-0.4, -0.2) is 24.2 Å². The molecule has 0 aromatic rings. The first-order valence-corrected chi connectivity index (χ1v) is 3.98. The van der Waals surface area contributed by atoms with Gasteiger partial charge in [-0.2, -0.15) is 0 Å². The number of carbonyl (C=O) groups is 1. The summed E-state index contributed by atoms with van der Waals surface area (Å²) in [5.74, 6) is 0.0208. The van der Waals surface area contributed by atoms with Crippen LogP contribution in [0.1, 0.15) is 25.7 Å². The van der Waals surface area contributed by atoms with Gasteiger partial charge >= 0.3 is 0 Å². The van der Waals surface area contributed by atoms with E-state index in [1.165, 1.54) is 0 Å². The third-order valence-electron chi connectivity index (χ3n) is 1.31. The SMILES string of the molecule is [CH2]CCCNC(=O)CCCO. The molecular weight excluding hydrogens is 142 g/mol. The van der Waals surface area contributed by atoms with Gasteiger partial charge in [-0.3, -0.25) is 4.79 Å². The van der Waals surface area contributed by atoms with Crippen LogP contribution in [0.25, 0.3) is 0 Å². The van der Waals surface area contributed by atoms with E-state index in [9.17, 15) is 4.79 Å². The average Bonchev–Trinajstić information content (AvgIpc) is 2.01. The molecule has 1 amide bonds. The Morgan fingerprint density at radius 1 is 1.45 bits per heavy atom. The third-order valence-corrected chi connectivity index (χ3v) is 1.31. The maximum absolute atomic E-state index is 10.8. The molecule has 0 bridgehead atoms. The summed E-state index contributed by atoms with van der Waals surface area (Å²) < 4.78 is 0. The van der Waals surface area contributed by atoms with Crippen LogP contribution in [0.5, 0.6) is 0 Å². The number of hydrogen-bond acceptors (Lipinski definition) is 2. The number of hydrogen-bond donors (Lipinski definition) is 2. The Morgan fingerprint density at radius 3 is 2.73 bits per heavy atom. The zero-order valence-electron chi connectivity index (χ0n) is 6.81. The van der Waals surface area contributed by atoms with E-state index >= 15 is 0 Å². The number of nitrogens with one attached hydrogen (secondary N) is 1. The van der Waals surface area contributed by atoms with Gasteiger partial charge in [-0.15, -0.1) is 0 Å². The molecule has 65 valence electrons. The topological polar surface area (TPSA) is 49.3 Å². The highest BCUT2D eigenvalue weighted by atomic mass is 16.3. The summed E-state index contributed by atoms with van der Waals surface area (Å²) in [7, 11) is 0. The molecule has 0 atom stereocenters. The normalized spacial score (nSPS) is 9.64. The molecule has 0 heterocycles. The van der Waals surface area contributed by atoms with Crippen LogP contribution >= 0.6 is 0 Å². The Labute approximate surface area is 67.8 Å². The predicted molar refractivity (Wildman–Crippen MR) is 43.9 cm³/mol. The van der Waals surface area contributed by atoms with E-state index in [0.29, 0.717) is 19.4 Å². The van der Waals surface area contributed by atoms with Crippen LogP contribution in [0.4, 0.5) is 0 Å². The smallest absolute Gasteiger partial charge is 0.220 e. The predicted octanol–water partition coefficient (Wildman–Crippen LogP) is 0.489. The minimum absolute atomic E-state index is 0.0208. The number of aliphatic hydroxyl groups excluding tert-OH is 1. The standard InChI is InChI=1S/C8H16NO2/c1-2-3-6-9-8(11)5-4-7-10/h10H,1-7H2,(H,9,11). The molecule has 0 spiro atoms. The van der Waals surface area contributed by atoms with Gasteiger partial charge in [-0.05, 0) is 12.8 Å². The van der Waals surface area contributed by atoms with Gasteiger partial charge in [0.25, 0.3) is 0 Å². The molecule has 0 aliphatic rings. The van der Waals surface area contributed by atoms with Crippen LogP contribution in [-0.2, 0) is 4.79 Å². The zero-order chi connectivity index (χ0) is 8.53. The van der Waals surface area contributed by atoms with Crippen LogP contribution in [0.3, 0.4) is 0 Å². The highest BCUT2D eigenvalue weighted by Gasteiger charge is 1.97. The molecule has 0 saturated heterocycles. The summed E-state index contributed by atoms with van der Waals surface area (Å²) in [6.07, 6.45) is 2.75. The van der Waals surface area contributed by atoms with Crippen molar-refractivity contribution in [3.63, 3.8) is 0 Å². The van der Waals surface area contributed by atoms with E-state index in [1.807, 2.05) is 0 Å². The molecule has 2 N–H and O–H groups in total. The lowest BCUT2D eigenvalue weighted by atomic mass is 10.3. The van der Waals surface area contributed by atoms with Gasteiger partial charge in [-0.1, -0.05) is 13.3 Å². The van der Waals surface area contributed by atoms with Gasteiger partial charge in [0.1, 0.15) is 0 Å². The van der Waals surface area contributed by atoms with Gasteiger partial charge in [0, 0.05) is 19.6 Å². The minimum Gasteiger partial charge on any atom is -0.396 e. The van der Waals surface area contributed by atoms with Gasteiger partial charge in [0.2, 0.25) is 5.91 Å². The van der Waals surface area contributed by atoms with Gasteiger partial charge in [0.05, 0.1) is 0 Å². The van der Waals surface area contributed by atoms with Crippen molar-refractivity contribution in [2.75, 3.05) is 13.2 Å². The molecule has 11 heavy (non-hydrogen) atoms. The molecule has 0 saturated carbocycles. The number of amides is 1. The lowest BCUT2D eigenvalue weighted by Gasteiger charge is -2.01. The molecule has 1 radical (unpaired) electrons. The second-order valence-electron chi connectivity index (χ2n) is 2.38. The summed E-state index contributed by atoms with van der Waals surface area (Å²) >= 11 is 0. The lowest BCUT2D eigenvalue weighted by Crippen LogP contribution is -2.24. The van der Waals surface area contributed by atoms with Gasteiger partial charge < -0.3 is 10.4 Å². The Bertz CT molecular complexity index is 104. The molecule has 0 aromatic heterocycles. The first kappa shape index (κ1) is 10.4. The van der Waals surface area contributed by atoms with Crippen LogP contribution in [0.15, 0.2) is 0 Å². The van der Waals surface area contributed by atoms with E-state index in [2.05, 4.69) is 12.2 Å². The molecule has 0 aliphatic carbocycles. The Kier molecular flexibility index (Phi) is 7.15. The molecule has 0 unspecified atom stereocenters. The van der Waals surface area contributed by atoms with Crippen LogP contribution in [0.2, 0.25) is 0 Å². The molecule has 3 heteroatoms. The second-order valence-corrected chi connectivity index (χ2v) is 2.38. The monoisotopic (exact) mass is 158 g/mol. The average molecular weight is 158 g/mol. The molecule has 0 rings (SSSR count). The van der Waals surface area contributed by atoms with E-state index in [1.54, 1.807) is 0 Å². The quantitative estimate of drug-likeness (QED) is 0.553. The number of aliphatic hydroxyl groups is 1. The summed E-state index contributed by atoms with van der Waals surface area (Å²) in [4.78, 5) is 10.8. The fourth-order valence-corrected chi connectivity index (χ4v) is 0.681. The maximum atomic E-state index is 10.8. The summed E-state index contributed by atoms with van der Waals surface area (Å²) in [6.45, 7) is 4.44. The van der Waals surface area contributed by atoms with Crippen molar-refractivity contribution in [2.24, 2.45) is 0 Å². The van der Waals surface area contributed by atoms with Gasteiger partial charge in [-0.25, -0.2) is 0 Å². The molecule has 3 nitrogen and oxygen atoms in total. The minimum atomic E-state index is 0.0208. The fraction of sp³-hybridized carbons (Fsp3) is 0.750. The summed E-state index contributed by atoms with van der Waals surface area (Å²) in [5, 5.41) is 11.1. The Morgan fingerprint density at radius 2 is 2.18 bits per heavy atom. The van der Waals surface area contributed by atoms with Crippen molar-refractivity contribution in [3.8, 4) is 0 Å². The summed E-state index contributed by atoms with van der Waals surface area (Å²) in [6, 6.07) is 0. The molecular formula is C8H16NO2. The van der Waals surface area contributed by atoms with Crippen molar-refractivity contribution in [1.29, 1.82) is 0 Å². The number of unbranched alkanes of at least 4 members (excludes halogenated alkanes) is 1. The van der Waals surface area contributed by atoms with E-state index in [4.69, 9.17) is 5.11 Å².